The van der Waals surface area contributed by atoms with E-state index >= 15 is 0 Å². The van der Waals surface area contributed by atoms with Gasteiger partial charge < -0.3 is 15.4 Å². The molecule has 8 nitrogen and oxygen atoms in total. The second-order valence-electron chi connectivity index (χ2n) is 6.74. The molecule has 0 saturated carbocycles. The molecule has 0 aliphatic rings. The van der Waals surface area contributed by atoms with E-state index in [0.29, 0.717) is 29.8 Å². The van der Waals surface area contributed by atoms with Gasteiger partial charge in [-0.2, -0.15) is 9.61 Å². The average molecular weight is 453 g/mol. The number of fused-ring (bicyclic) bond motifs is 1. The van der Waals surface area contributed by atoms with Gasteiger partial charge in [0.15, 0.2) is 5.65 Å². The number of aromatic nitrogens is 4. The van der Waals surface area contributed by atoms with Crippen molar-refractivity contribution in [2.75, 3.05) is 17.7 Å². The molecule has 0 fully saturated rings. The van der Waals surface area contributed by atoms with Crippen molar-refractivity contribution >= 4 is 35.0 Å². The molecule has 4 rings (SSSR count). The minimum absolute atomic E-state index is 0.141. The fourth-order valence-electron chi connectivity index (χ4n) is 2.85. The van der Waals surface area contributed by atoms with Crippen LogP contribution in [0.4, 0.5) is 16.0 Å². The Bertz CT molecular complexity index is 1200. The van der Waals surface area contributed by atoms with E-state index in [9.17, 15) is 9.18 Å². The van der Waals surface area contributed by atoms with Crippen LogP contribution in [0.3, 0.4) is 0 Å². The lowest BCUT2D eigenvalue weighted by molar-refractivity contribution is -0.118. The molecule has 32 heavy (non-hydrogen) atoms. The zero-order chi connectivity index (χ0) is 22.3. The Morgan fingerprint density at radius 2 is 1.84 bits per heavy atom. The Morgan fingerprint density at radius 3 is 2.59 bits per heavy atom. The molecule has 2 heterocycles. The van der Waals surface area contributed by atoms with Gasteiger partial charge in [0, 0.05) is 12.2 Å². The molecular weight excluding hydrogens is 431 g/mol. The third-order valence-electron chi connectivity index (χ3n) is 4.41. The summed E-state index contributed by atoms with van der Waals surface area (Å²) >= 11 is 1.30. The number of benzene rings is 2. The van der Waals surface area contributed by atoms with Crippen LogP contribution in [0.15, 0.2) is 65.7 Å². The average Bonchev–Trinajstić information content (AvgIpc) is 3.21. The highest BCUT2D eigenvalue weighted by molar-refractivity contribution is 7.99. The first-order valence-corrected chi connectivity index (χ1v) is 11.0. The van der Waals surface area contributed by atoms with Crippen molar-refractivity contribution in [1.29, 1.82) is 0 Å². The fourth-order valence-corrected chi connectivity index (χ4v) is 3.54. The number of hydrogen-bond acceptors (Lipinski definition) is 7. The highest BCUT2D eigenvalue weighted by atomic mass is 32.2. The van der Waals surface area contributed by atoms with Gasteiger partial charge in [0.25, 0.3) is 0 Å². The Hall–Kier alpha value is -3.66. The van der Waals surface area contributed by atoms with E-state index < -0.39 is 0 Å². The number of anilines is 2. The third kappa shape index (κ3) is 5.52. The molecule has 2 aromatic carbocycles. The fraction of sp³-hybridized carbons (Fsp3) is 0.182. The number of rotatable bonds is 9. The van der Waals surface area contributed by atoms with E-state index in [1.54, 1.807) is 28.8 Å². The monoisotopic (exact) mass is 452 g/mol. The molecule has 2 aromatic heterocycles. The van der Waals surface area contributed by atoms with Gasteiger partial charge in [0.2, 0.25) is 11.9 Å². The minimum atomic E-state index is -0.303. The summed E-state index contributed by atoms with van der Waals surface area (Å²) < 4.78 is 20.0. The molecule has 164 valence electrons. The van der Waals surface area contributed by atoms with E-state index in [4.69, 9.17) is 4.74 Å². The van der Waals surface area contributed by atoms with Crippen molar-refractivity contribution < 1.29 is 13.9 Å². The van der Waals surface area contributed by atoms with Gasteiger partial charge in [-0.25, -0.2) is 4.39 Å². The second-order valence-corrected chi connectivity index (χ2v) is 7.74. The molecule has 0 radical (unpaired) electrons. The molecule has 4 aromatic rings. The molecule has 0 aliphatic heterocycles. The van der Waals surface area contributed by atoms with E-state index in [1.165, 1.54) is 23.9 Å². The van der Waals surface area contributed by atoms with Crippen LogP contribution in [0.1, 0.15) is 12.5 Å². The Morgan fingerprint density at radius 1 is 1.06 bits per heavy atom. The molecule has 0 bridgehead atoms. The maximum Gasteiger partial charge on any atom is 0.250 e. The number of carbonyl (C=O) groups is 1. The Balaban J connectivity index is 1.36. The lowest BCUT2D eigenvalue weighted by Gasteiger charge is -2.07. The summed E-state index contributed by atoms with van der Waals surface area (Å²) in [5.41, 5.74) is 2.24. The van der Waals surface area contributed by atoms with Gasteiger partial charge >= 0.3 is 0 Å². The standard InChI is InChI=1S/C22H21FN6O2S/c1-2-31-18-9-7-17(8-10-18)25-22-27-26-19-11-12-21(28-29(19)22)32-14-20(30)24-13-15-3-5-16(23)6-4-15/h3-12H,2,13-14H2,1H3,(H,24,30)(H,25,27). The van der Waals surface area contributed by atoms with Crippen LogP contribution in [0, 0.1) is 5.82 Å². The predicted molar refractivity (Wildman–Crippen MR) is 121 cm³/mol. The van der Waals surface area contributed by atoms with E-state index in [0.717, 1.165) is 17.0 Å². The maximum atomic E-state index is 13.0. The van der Waals surface area contributed by atoms with Gasteiger partial charge in [-0.3, -0.25) is 4.79 Å². The summed E-state index contributed by atoms with van der Waals surface area (Å²) in [4.78, 5) is 12.2. The number of amides is 1. The highest BCUT2D eigenvalue weighted by Gasteiger charge is 2.10. The zero-order valence-electron chi connectivity index (χ0n) is 17.3. The SMILES string of the molecule is CCOc1ccc(Nc2nnc3ccc(SCC(=O)NCc4ccc(F)cc4)nn23)cc1. The van der Waals surface area contributed by atoms with Gasteiger partial charge in [-0.15, -0.1) is 10.2 Å². The van der Waals surface area contributed by atoms with Crippen molar-refractivity contribution in [1.82, 2.24) is 25.1 Å². The predicted octanol–water partition coefficient (Wildman–Crippen LogP) is 3.81. The van der Waals surface area contributed by atoms with Crippen molar-refractivity contribution in [2.24, 2.45) is 0 Å². The van der Waals surface area contributed by atoms with Gasteiger partial charge in [-0.1, -0.05) is 23.9 Å². The number of ether oxygens (including phenoxy) is 1. The molecule has 0 aliphatic carbocycles. The van der Waals surface area contributed by atoms with Gasteiger partial charge in [-0.05, 0) is 61.0 Å². The molecule has 1 amide bonds. The number of nitrogens with zero attached hydrogens (tertiary/aromatic N) is 4. The zero-order valence-corrected chi connectivity index (χ0v) is 18.1. The number of halogens is 1. The quantitative estimate of drug-likeness (QED) is 0.373. The maximum absolute atomic E-state index is 13.0. The first-order chi connectivity index (χ1) is 15.6. The summed E-state index contributed by atoms with van der Waals surface area (Å²) in [5, 5.41) is 19.4. The minimum Gasteiger partial charge on any atom is -0.494 e. The molecule has 10 heteroatoms. The summed E-state index contributed by atoms with van der Waals surface area (Å²) in [6, 6.07) is 17.1. The first kappa shape index (κ1) is 21.6. The summed E-state index contributed by atoms with van der Waals surface area (Å²) in [6.45, 7) is 2.88. The second kappa shape index (κ2) is 10.1. The number of carbonyl (C=O) groups excluding carboxylic acids is 1. The topological polar surface area (TPSA) is 93.4 Å². The Labute approximate surface area is 188 Å². The van der Waals surface area contributed by atoms with Crippen LogP contribution in [-0.2, 0) is 11.3 Å². The van der Waals surface area contributed by atoms with E-state index in [2.05, 4.69) is 25.9 Å². The van der Waals surface area contributed by atoms with Crippen molar-refractivity contribution in [3.63, 3.8) is 0 Å². The summed E-state index contributed by atoms with van der Waals surface area (Å²) in [5.74, 6) is 1.01. The lowest BCUT2D eigenvalue weighted by Crippen LogP contribution is -2.24. The molecule has 0 spiro atoms. The van der Waals surface area contributed by atoms with Crippen molar-refractivity contribution in [3.8, 4) is 5.75 Å². The molecule has 0 atom stereocenters. The number of hydrogen-bond donors (Lipinski definition) is 2. The largest absolute Gasteiger partial charge is 0.494 e. The third-order valence-corrected chi connectivity index (χ3v) is 5.33. The van der Waals surface area contributed by atoms with E-state index in [-0.39, 0.29) is 17.5 Å². The number of nitrogens with one attached hydrogen (secondary N) is 2. The molecular formula is C22H21FN6O2S. The normalized spacial score (nSPS) is 10.8. The number of thioether (sulfide) groups is 1. The van der Waals surface area contributed by atoms with E-state index in [1.807, 2.05) is 31.2 Å². The summed E-state index contributed by atoms with van der Waals surface area (Å²) in [6.07, 6.45) is 0. The molecule has 0 unspecified atom stereocenters. The molecule has 0 saturated heterocycles. The Kier molecular flexibility index (Phi) is 6.81. The summed E-state index contributed by atoms with van der Waals surface area (Å²) in [7, 11) is 0. The van der Waals surface area contributed by atoms with Crippen LogP contribution in [0.25, 0.3) is 5.65 Å². The van der Waals surface area contributed by atoms with Crippen LogP contribution >= 0.6 is 11.8 Å². The van der Waals surface area contributed by atoms with Crippen molar-refractivity contribution in [2.45, 2.75) is 18.5 Å². The first-order valence-electron chi connectivity index (χ1n) is 9.97. The van der Waals surface area contributed by atoms with Crippen molar-refractivity contribution in [3.05, 3.63) is 72.0 Å². The van der Waals surface area contributed by atoms with Crippen LogP contribution < -0.4 is 15.4 Å². The van der Waals surface area contributed by atoms with Crippen LogP contribution in [-0.4, -0.2) is 38.1 Å². The smallest absolute Gasteiger partial charge is 0.250 e. The van der Waals surface area contributed by atoms with Crippen LogP contribution in [0.2, 0.25) is 0 Å². The highest BCUT2D eigenvalue weighted by Crippen LogP contribution is 2.21. The van der Waals surface area contributed by atoms with Gasteiger partial charge in [0.1, 0.15) is 16.6 Å². The lowest BCUT2D eigenvalue weighted by atomic mass is 10.2. The van der Waals surface area contributed by atoms with Gasteiger partial charge in [0.05, 0.1) is 12.4 Å². The molecule has 2 N–H and O–H groups in total. The van der Waals surface area contributed by atoms with Crippen LogP contribution in [0.5, 0.6) is 5.75 Å².